The van der Waals surface area contributed by atoms with Crippen LogP contribution in [0.4, 0.5) is 0 Å². The molecule has 0 atom stereocenters. The van der Waals surface area contributed by atoms with E-state index in [1.807, 2.05) is 18.4 Å². The number of aryl methyl sites for hydroxylation is 1. The number of carbonyl (C=O) groups is 1. The van der Waals surface area contributed by atoms with Crippen molar-refractivity contribution in [2.24, 2.45) is 5.92 Å². The van der Waals surface area contributed by atoms with E-state index < -0.39 is 0 Å². The third-order valence-corrected chi connectivity index (χ3v) is 3.14. The lowest BCUT2D eigenvalue weighted by Crippen LogP contribution is -2.05. The molecule has 1 rings (SSSR count). The Labute approximate surface area is 95.3 Å². The van der Waals surface area contributed by atoms with Gasteiger partial charge in [0.05, 0.1) is 6.61 Å². The van der Waals surface area contributed by atoms with Gasteiger partial charge in [0.2, 0.25) is 0 Å². The third kappa shape index (κ3) is 3.67. The van der Waals surface area contributed by atoms with Crippen LogP contribution in [0.2, 0.25) is 0 Å². The quantitative estimate of drug-likeness (QED) is 0.718. The predicted octanol–water partition coefficient (Wildman–Crippen LogP) is 3.51. The molecule has 0 fully saturated rings. The molecule has 0 unspecified atom stereocenters. The Bertz CT molecular complexity index is 315. The zero-order valence-corrected chi connectivity index (χ0v) is 10.4. The summed E-state index contributed by atoms with van der Waals surface area (Å²) in [5.41, 5.74) is 1.13. The van der Waals surface area contributed by atoms with E-state index in [1.165, 1.54) is 11.3 Å². The van der Waals surface area contributed by atoms with Crippen molar-refractivity contribution >= 4 is 17.3 Å². The van der Waals surface area contributed by atoms with Gasteiger partial charge in [0.1, 0.15) is 4.88 Å². The highest BCUT2D eigenvalue weighted by molar-refractivity contribution is 7.12. The largest absolute Gasteiger partial charge is 0.462 e. The Morgan fingerprint density at radius 1 is 1.53 bits per heavy atom. The van der Waals surface area contributed by atoms with E-state index in [2.05, 4.69) is 13.8 Å². The van der Waals surface area contributed by atoms with Gasteiger partial charge in [0, 0.05) is 0 Å². The lowest BCUT2D eigenvalue weighted by molar-refractivity contribution is 0.0531. The van der Waals surface area contributed by atoms with Gasteiger partial charge in [-0.15, -0.1) is 11.3 Å². The van der Waals surface area contributed by atoms with Crippen molar-refractivity contribution in [3.05, 3.63) is 21.9 Å². The molecule has 0 aliphatic heterocycles. The first kappa shape index (κ1) is 12.2. The Morgan fingerprint density at radius 3 is 2.87 bits per heavy atom. The number of thiophene rings is 1. The van der Waals surface area contributed by atoms with Gasteiger partial charge in [0.15, 0.2) is 0 Å². The van der Waals surface area contributed by atoms with Gasteiger partial charge in [0.25, 0.3) is 0 Å². The van der Waals surface area contributed by atoms with Crippen LogP contribution in [-0.2, 0) is 11.2 Å². The van der Waals surface area contributed by atoms with Gasteiger partial charge in [-0.3, -0.25) is 0 Å². The highest BCUT2D eigenvalue weighted by Crippen LogP contribution is 2.20. The summed E-state index contributed by atoms with van der Waals surface area (Å²) in [5.74, 6) is 0.492. The first-order chi connectivity index (χ1) is 7.15. The fourth-order valence-corrected chi connectivity index (χ4v) is 2.20. The number of carbonyl (C=O) groups excluding carboxylic acids is 1. The zero-order valence-electron chi connectivity index (χ0n) is 9.58. The van der Waals surface area contributed by atoms with E-state index in [1.54, 1.807) is 0 Å². The number of hydrogen-bond acceptors (Lipinski definition) is 3. The van der Waals surface area contributed by atoms with Crippen LogP contribution in [0.3, 0.4) is 0 Å². The van der Waals surface area contributed by atoms with E-state index in [-0.39, 0.29) is 5.97 Å². The molecule has 0 N–H and O–H groups in total. The predicted molar refractivity (Wildman–Crippen MR) is 63.4 cm³/mol. The maximum atomic E-state index is 11.6. The molecule has 0 spiro atoms. The van der Waals surface area contributed by atoms with Crippen molar-refractivity contribution in [2.45, 2.75) is 33.6 Å². The summed E-state index contributed by atoms with van der Waals surface area (Å²) in [5, 5.41) is 1.96. The Hall–Kier alpha value is -0.830. The summed E-state index contributed by atoms with van der Waals surface area (Å²) in [6, 6.07) is 2.03. The fraction of sp³-hybridized carbons (Fsp3) is 0.583. The Kier molecular flexibility index (Phi) is 4.82. The molecule has 3 heteroatoms. The molecule has 0 saturated carbocycles. The van der Waals surface area contributed by atoms with E-state index in [0.717, 1.165) is 23.3 Å². The van der Waals surface area contributed by atoms with E-state index in [0.29, 0.717) is 12.5 Å². The lowest BCUT2D eigenvalue weighted by Gasteiger charge is -2.05. The van der Waals surface area contributed by atoms with Crippen LogP contribution in [0, 0.1) is 5.92 Å². The second-order valence-electron chi connectivity index (χ2n) is 3.93. The van der Waals surface area contributed by atoms with Crippen LogP contribution >= 0.6 is 11.3 Å². The molecule has 1 aromatic rings. The molecule has 0 saturated heterocycles. The topological polar surface area (TPSA) is 26.3 Å². The minimum Gasteiger partial charge on any atom is -0.462 e. The summed E-state index contributed by atoms with van der Waals surface area (Å²) in [6.07, 6.45) is 2.08. The maximum absolute atomic E-state index is 11.6. The first-order valence-electron chi connectivity index (χ1n) is 5.38. The molecule has 0 radical (unpaired) electrons. The van der Waals surface area contributed by atoms with Crippen LogP contribution in [0.1, 0.15) is 42.4 Å². The average molecular weight is 226 g/mol. The second kappa shape index (κ2) is 5.91. The normalized spacial score (nSPS) is 10.7. The van der Waals surface area contributed by atoms with Crippen molar-refractivity contribution in [1.82, 2.24) is 0 Å². The molecule has 0 aromatic carbocycles. The van der Waals surface area contributed by atoms with Gasteiger partial charge >= 0.3 is 5.97 Å². The summed E-state index contributed by atoms with van der Waals surface area (Å²) >= 11 is 1.47. The number of rotatable bonds is 5. The van der Waals surface area contributed by atoms with Crippen molar-refractivity contribution in [3.8, 4) is 0 Å². The van der Waals surface area contributed by atoms with Crippen molar-refractivity contribution in [2.75, 3.05) is 6.61 Å². The maximum Gasteiger partial charge on any atom is 0.348 e. The van der Waals surface area contributed by atoms with E-state index in [4.69, 9.17) is 4.74 Å². The third-order valence-electron chi connectivity index (χ3n) is 2.20. The zero-order chi connectivity index (χ0) is 11.3. The van der Waals surface area contributed by atoms with Crippen LogP contribution in [0.5, 0.6) is 0 Å². The summed E-state index contributed by atoms with van der Waals surface area (Å²) in [7, 11) is 0. The average Bonchev–Trinajstić information content (AvgIpc) is 2.62. The Morgan fingerprint density at radius 2 is 2.27 bits per heavy atom. The highest BCUT2D eigenvalue weighted by atomic mass is 32.1. The van der Waals surface area contributed by atoms with Crippen LogP contribution in [0.25, 0.3) is 0 Å². The second-order valence-corrected chi connectivity index (χ2v) is 4.84. The molecule has 0 amide bonds. The highest BCUT2D eigenvalue weighted by Gasteiger charge is 2.13. The lowest BCUT2D eigenvalue weighted by atomic mass is 10.0. The monoisotopic (exact) mass is 226 g/mol. The summed E-state index contributed by atoms with van der Waals surface area (Å²) in [4.78, 5) is 12.3. The summed E-state index contributed by atoms with van der Waals surface area (Å²) in [6.45, 7) is 6.66. The minimum absolute atomic E-state index is 0.175. The number of hydrogen-bond donors (Lipinski definition) is 0. The Balaban J connectivity index is 2.64. The van der Waals surface area contributed by atoms with Crippen molar-refractivity contribution in [3.63, 3.8) is 0 Å². The summed E-state index contributed by atoms with van der Waals surface area (Å²) < 4.78 is 5.01. The van der Waals surface area contributed by atoms with Crippen molar-refractivity contribution < 1.29 is 9.53 Å². The molecule has 0 bridgehead atoms. The standard InChI is InChI=1S/C12H18O2S/c1-4-14-12(13)11-10(7-8-15-11)6-5-9(2)3/h7-9H,4-6H2,1-3H3. The fourth-order valence-electron chi connectivity index (χ4n) is 1.35. The number of esters is 1. The van der Waals surface area contributed by atoms with Gasteiger partial charge in [-0.05, 0) is 42.7 Å². The minimum atomic E-state index is -0.175. The van der Waals surface area contributed by atoms with Gasteiger partial charge in [-0.1, -0.05) is 13.8 Å². The van der Waals surface area contributed by atoms with Gasteiger partial charge in [-0.2, -0.15) is 0 Å². The molecule has 84 valence electrons. The smallest absolute Gasteiger partial charge is 0.348 e. The van der Waals surface area contributed by atoms with Crippen LogP contribution < -0.4 is 0 Å². The SMILES string of the molecule is CCOC(=O)c1sccc1CCC(C)C. The molecule has 1 aromatic heterocycles. The van der Waals surface area contributed by atoms with E-state index >= 15 is 0 Å². The van der Waals surface area contributed by atoms with Crippen LogP contribution in [0.15, 0.2) is 11.4 Å². The molecular formula is C12H18O2S. The van der Waals surface area contributed by atoms with Crippen molar-refractivity contribution in [1.29, 1.82) is 0 Å². The first-order valence-corrected chi connectivity index (χ1v) is 6.26. The number of ether oxygens (including phenoxy) is 1. The molecule has 1 heterocycles. The molecular weight excluding hydrogens is 208 g/mol. The van der Waals surface area contributed by atoms with Gasteiger partial charge in [-0.25, -0.2) is 4.79 Å². The molecule has 0 aliphatic rings. The van der Waals surface area contributed by atoms with Crippen LogP contribution in [-0.4, -0.2) is 12.6 Å². The van der Waals surface area contributed by atoms with Gasteiger partial charge < -0.3 is 4.74 Å². The molecule has 15 heavy (non-hydrogen) atoms. The van der Waals surface area contributed by atoms with E-state index in [9.17, 15) is 4.79 Å². The molecule has 0 aliphatic carbocycles. The molecule has 2 nitrogen and oxygen atoms in total.